The highest BCUT2D eigenvalue weighted by Crippen LogP contribution is 2.23. The molecule has 1 amide bonds. The van der Waals surface area contributed by atoms with Crippen LogP contribution in [0.15, 0.2) is 52.4 Å². The summed E-state index contributed by atoms with van der Waals surface area (Å²) < 4.78 is 38.7. The number of thiazole rings is 1. The van der Waals surface area contributed by atoms with E-state index in [4.69, 9.17) is 9.47 Å². The molecule has 1 heterocycles. The first-order chi connectivity index (χ1) is 15.3. The molecule has 0 fully saturated rings. The zero-order valence-corrected chi connectivity index (χ0v) is 20.2. The Kier molecular flexibility index (Phi) is 8.22. The third kappa shape index (κ3) is 6.05. The van der Waals surface area contributed by atoms with Crippen LogP contribution < -0.4 is 9.54 Å². The van der Waals surface area contributed by atoms with Crippen LogP contribution in [-0.2, 0) is 25.9 Å². The summed E-state index contributed by atoms with van der Waals surface area (Å²) in [5, 5.41) is 0. The Morgan fingerprint density at radius 3 is 2.59 bits per heavy atom. The van der Waals surface area contributed by atoms with E-state index in [1.165, 1.54) is 11.3 Å². The highest BCUT2D eigenvalue weighted by Gasteiger charge is 2.15. The van der Waals surface area contributed by atoms with Crippen LogP contribution in [0, 0.1) is 6.92 Å². The van der Waals surface area contributed by atoms with E-state index in [-0.39, 0.29) is 29.4 Å². The molecule has 0 aliphatic heterocycles. The molecule has 2 aromatic carbocycles. The normalized spacial score (nSPS) is 12.4. The van der Waals surface area contributed by atoms with Crippen molar-refractivity contribution in [2.45, 2.75) is 38.1 Å². The van der Waals surface area contributed by atoms with Crippen molar-refractivity contribution in [2.75, 3.05) is 26.1 Å². The fraction of sp³-hybridized carbons (Fsp3) is 0.391. The molecule has 0 spiro atoms. The molecule has 0 radical (unpaired) electrons. The number of sulfone groups is 1. The SMILES string of the molecule is CCOc1ccc2c(c1)sc(=NC(=O)CCCS(=O)(=O)c1ccc(C)cc1)n2CCOC. The van der Waals surface area contributed by atoms with Gasteiger partial charge in [-0.05, 0) is 50.6 Å². The Hall–Kier alpha value is -2.49. The van der Waals surface area contributed by atoms with Crippen molar-refractivity contribution in [1.29, 1.82) is 0 Å². The fourth-order valence-corrected chi connectivity index (χ4v) is 5.65. The van der Waals surface area contributed by atoms with Gasteiger partial charge in [0.05, 0.1) is 34.1 Å². The number of carbonyl (C=O) groups is 1. The number of hydrogen-bond acceptors (Lipinski definition) is 6. The number of rotatable bonds is 10. The van der Waals surface area contributed by atoms with E-state index < -0.39 is 9.84 Å². The molecule has 3 aromatic rings. The van der Waals surface area contributed by atoms with Gasteiger partial charge in [0.1, 0.15) is 5.75 Å². The van der Waals surface area contributed by atoms with E-state index in [0.717, 1.165) is 21.5 Å². The van der Waals surface area contributed by atoms with Gasteiger partial charge in [-0.15, -0.1) is 0 Å². The maximum absolute atomic E-state index is 12.5. The molecule has 0 saturated carbocycles. The predicted molar refractivity (Wildman–Crippen MR) is 126 cm³/mol. The zero-order chi connectivity index (χ0) is 23.1. The summed E-state index contributed by atoms with van der Waals surface area (Å²) in [7, 11) is -1.80. The number of methoxy groups -OCH3 is 1. The molecular formula is C23H28N2O5S2. The Balaban J connectivity index is 1.76. The number of nitrogens with zero attached hydrogens (tertiary/aromatic N) is 2. The Labute approximate surface area is 192 Å². The summed E-state index contributed by atoms with van der Waals surface area (Å²) in [5.41, 5.74) is 1.94. The third-order valence-electron chi connectivity index (χ3n) is 4.89. The molecule has 172 valence electrons. The fourth-order valence-electron chi connectivity index (χ4n) is 3.23. The lowest BCUT2D eigenvalue weighted by molar-refractivity contribution is -0.118. The largest absolute Gasteiger partial charge is 0.494 e. The Morgan fingerprint density at radius 2 is 1.91 bits per heavy atom. The molecule has 3 rings (SSSR count). The van der Waals surface area contributed by atoms with Crippen LogP contribution in [-0.4, -0.2) is 45.0 Å². The number of benzene rings is 2. The summed E-state index contributed by atoms with van der Waals surface area (Å²) in [4.78, 5) is 17.7. The molecule has 1 aromatic heterocycles. The van der Waals surface area contributed by atoms with Gasteiger partial charge in [-0.2, -0.15) is 4.99 Å². The lowest BCUT2D eigenvalue weighted by Gasteiger charge is -2.06. The standard InChI is InChI=1S/C23H28N2O5S2/c1-4-30-18-9-12-20-21(16-18)31-23(25(20)13-14-29-3)24-22(26)6-5-15-32(27,28)19-10-7-17(2)8-11-19/h7-12,16H,4-6,13-15H2,1-3H3. The smallest absolute Gasteiger partial charge is 0.248 e. The number of aromatic nitrogens is 1. The van der Waals surface area contributed by atoms with Crippen LogP contribution in [0.3, 0.4) is 0 Å². The summed E-state index contributed by atoms with van der Waals surface area (Å²) in [6.07, 6.45) is 0.282. The van der Waals surface area contributed by atoms with Crippen LogP contribution in [0.1, 0.15) is 25.3 Å². The van der Waals surface area contributed by atoms with Crippen molar-refractivity contribution in [1.82, 2.24) is 4.57 Å². The number of carbonyl (C=O) groups excluding carboxylic acids is 1. The first-order valence-corrected chi connectivity index (χ1v) is 12.9. The van der Waals surface area contributed by atoms with Gasteiger partial charge < -0.3 is 14.0 Å². The van der Waals surface area contributed by atoms with Crippen LogP contribution in [0.4, 0.5) is 0 Å². The van der Waals surface area contributed by atoms with Gasteiger partial charge in [-0.1, -0.05) is 29.0 Å². The van der Waals surface area contributed by atoms with E-state index in [0.29, 0.717) is 24.6 Å². The first kappa shape index (κ1) is 24.2. The lowest BCUT2D eigenvalue weighted by atomic mass is 10.2. The minimum Gasteiger partial charge on any atom is -0.494 e. The topological polar surface area (TPSA) is 87.0 Å². The quantitative estimate of drug-likeness (QED) is 0.445. The molecule has 0 unspecified atom stereocenters. The number of hydrogen-bond donors (Lipinski definition) is 0. The average Bonchev–Trinajstić information content (AvgIpc) is 3.08. The minimum atomic E-state index is -3.42. The van der Waals surface area contributed by atoms with Crippen LogP contribution >= 0.6 is 11.3 Å². The van der Waals surface area contributed by atoms with Crippen molar-refractivity contribution >= 4 is 37.3 Å². The van der Waals surface area contributed by atoms with Gasteiger partial charge >= 0.3 is 0 Å². The number of aryl methyl sites for hydroxylation is 1. The molecule has 32 heavy (non-hydrogen) atoms. The van der Waals surface area contributed by atoms with Gasteiger partial charge in [-0.25, -0.2) is 8.42 Å². The van der Waals surface area contributed by atoms with E-state index in [9.17, 15) is 13.2 Å². The van der Waals surface area contributed by atoms with Gasteiger partial charge in [0, 0.05) is 20.1 Å². The van der Waals surface area contributed by atoms with Gasteiger partial charge in [0.2, 0.25) is 5.91 Å². The van der Waals surface area contributed by atoms with E-state index in [1.807, 2.05) is 36.6 Å². The van der Waals surface area contributed by atoms with Gasteiger partial charge in [-0.3, -0.25) is 4.79 Å². The van der Waals surface area contributed by atoms with Gasteiger partial charge in [0.15, 0.2) is 14.6 Å². The molecule has 9 heteroatoms. The molecule has 0 N–H and O–H groups in total. The van der Waals surface area contributed by atoms with Crippen LogP contribution in [0.2, 0.25) is 0 Å². The average molecular weight is 477 g/mol. The van der Waals surface area contributed by atoms with Crippen molar-refractivity contribution < 1.29 is 22.7 Å². The highest BCUT2D eigenvalue weighted by molar-refractivity contribution is 7.91. The number of ether oxygens (including phenoxy) is 2. The molecule has 0 aliphatic carbocycles. The minimum absolute atomic E-state index is 0.0633. The maximum Gasteiger partial charge on any atom is 0.248 e. The highest BCUT2D eigenvalue weighted by atomic mass is 32.2. The van der Waals surface area contributed by atoms with E-state index >= 15 is 0 Å². The van der Waals surface area contributed by atoms with Crippen molar-refractivity contribution in [3.8, 4) is 5.75 Å². The second-order valence-electron chi connectivity index (χ2n) is 7.33. The molecule has 7 nitrogen and oxygen atoms in total. The van der Waals surface area contributed by atoms with E-state index in [1.54, 1.807) is 31.4 Å². The van der Waals surface area contributed by atoms with Crippen LogP contribution in [0.5, 0.6) is 5.75 Å². The molecule has 0 bridgehead atoms. The van der Waals surface area contributed by atoms with Crippen LogP contribution in [0.25, 0.3) is 10.2 Å². The Morgan fingerprint density at radius 1 is 1.16 bits per heavy atom. The van der Waals surface area contributed by atoms with E-state index in [2.05, 4.69) is 4.99 Å². The first-order valence-electron chi connectivity index (χ1n) is 10.5. The predicted octanol–water partition coefficient (Wildman–Crippen LogP) is 3.74. The molecular weight excluding hydrogens is 448 g/mol. The Bertz CT molecular complexity index is 1240. The summed E-state index contributed by atoms with van der Waals surface area (Å²) >= 11 is 1.40. The number of fused-ring (bicyclic) bond motifs is 1. The second kappa shape index (κ2) is 10.9. The summed E-state index contributed by atoms with van der Waals surface area (Å²) in [5.74, 6) is 0.330. The zero-order valence-electron chi connectivity index (χ0n) is 18.5. The molecule has 0 aliphatic rings. The lowest BCUT2D eigenvalue weighted by Crippen LogP contribution is -2.19. The van der Waals surface area contributed by atoms with Gasteiger partial charge in [0.25, 0.3) is 0 Å². The summed E-state index contributed by atoms with van der Waals surface area (Å²) in [6.45, 7) is 5.44. The molecule has 0 saturated heterocycles. The van der Waals surface area contributed by atoms with Crippen molar-refractivity contribution in [3.63, 3.8) is 0 Å². The monoisotopic (exact) mass is 476 g/mol. The third-order valence-corrected chi connectivity index (χ3v) is 7.75. The second-order valence-corrected chi connectivity index (χ2v) is 10.5. The summed E-state index contributed by atoms with van der Waals surface area (Å²) in [6, 6.07) is 12.5. The maximum atomic E-state index is 12.5. The van der Waals surface area contributed by atoms with Crippen molar-refractivity contribution in [3.05, 3.63) is 52.8 Å². The number of amides is 1. The molecule has 0 atom stereocenters. The van der Waals surface area contributed by atoms with Crippen molar-refractivity contribution in [2.24, 2.45) is 4.99 Å².